The molecule has 0 radical (unpaired) electrons. The summed E-state index contributed by atoms with van der Waals surface area (Å²) < 4.78 is 1.09. The number of carbonyl (C=O) groups excluding carboxylic acids is 1. The van der Waals surface area contributed by atoms with Gasteiger partial charge < -0.3 is 0 Å². The minimum atomic E-state index is 0.0460. The molecule has 30 heavy (non-hydrogen) atoms. The number of nitrogens with zero attached hydrogens (tertiary/aromatic N) is 3. The van der Waals surface area contributed by atoms with Crippen LogP contribution in [0.2, 0.25) is 0 Å². The lowest BCUT2D eigenvalue weighted by Gasteiger charge is -2.21. The van der Waals surface area contributed by atoms with E-state index in [1.54, 1.807) is 28.6 Å². The van der Waals surface area contributed by atoms with Crippen molar-refractivity contribution in [2.75, 3.05) is 4.90 Å². The monoisotopic (exact) mass is 415 g/mol. The standard InChI is InChI=1S/C25H25N3OS/c1-16-7-8-22-23(12-16)30-25(27-22)28(15-20-6-5-9-26-14-20)24(29)13-21-18(3)10-17(2)11-19(21)4/h5-12,14H,13,15H2,1-4H3. The van der Waals surface area contributed by atoms with E-state index in [0.29, 0.717) is 13.0 Å². The molecule has 0 unspecified atom stereocenters. The van der Waals surface area contributed by atoms with Gasteiger partial charge in [0, 0.05) is 12.4 Å². The minimum absolute atomic E-state index is 0.0460. The van der Waals surface area contributed by atoms with Gasteiger partial charge in [0.1, 0.15) is 0 Å². The first-order valence-corrected chi connectivity index (χ1v) is 10.9. The molecule has 0 atom stereocenters. The molecular weight excluding hydrogens is 390 g/mol. The smallest absolute Gasteiger partial charge is 0.233 e. The van der Waals surface area contributed by atoms with Gasteiger partial charge in [-0.1, -0.05) is 41.2 Å². The van der Waals surface area contributed by atoms with Crippen molar-refractivity contribution in [3.8, 4) is 0 Å². The van der Waals surface area contributed by atoms with Crippen LogP contribution in [0.15, 0.2) is 54.9 Å². The molecular formula is C25H25N3OS. The van der Waals surface area contributed by atoms with Crippen LogP contribution in [0.25, 0.3) is 10.2 Å². The second-order valence-corrected chi connectivity index (χ2v) is 8.87. The van der Waals surface area contributed by atoms with Gasteiger partial charge in [0.15, 0.2) is 5.13 Å². The van der Waals surface area contributed by atoms with Crippen molar-refractivity contribution in [2.24, 2.45) is 0 Å². The van der Waals surface area contributed by atoms with E-state index >= 15 is 0 Å². The number of anilines is 1. The van der Waals surface area contributed by atoms with E-state index in [9.17, 15) is 4.79 Å². The van der Waals surface area contributed by atoms with Crippen LogP contribution in [0.1, 0.15) is 33.4 Å². The normalized spacial score (nSPS) is 11.1. The van der Waals surface area contributed by atoms with E-state index in [0.717, 1.165) is 37.6 Å². The van der Waals surface area contributed by atoms with Crippen LogP contribution in [0.5, 0.6) is 0 Å². The molecule has 1 amide bonds. The van der Waals surface area contributed by atoms with E-state index < -0.39 is 0 Å². The Morgan fingerprint density at radius 3 is 2.47 bits per heavy atom. The van der Waals surface area contributed by atoms with Crippen LogP contribution in [0.4, 0.5) is 5.13 Å². The lowest BCUT2D eigenvalue weighted by atomic mass is 9.97. The Kier molecular flexibility index (Phi) is 5.64. The summed E-state index contributed by atoms with van der Waals surface area (Å²) in [6, 6.07) is 14.4. The third-order valence-electron chi connectivity index (χ3n) is 5.30. The van der Waals surface area contributed by atoms with Crippen molar-refractivity contribution in [2.45, 2.75) is 40.7 Å². The Morgan fingerprint density at radius 2 is 1.77 bits per heavy atom. The van der Waals surface area contributed by atoms with Crippen molar-refractivity contribution in [3.63, 3.8) is 0 Å². The lowest BCUT2D eigenvalue weighted by Crippen LogP contribution is -2.32. The number of rotatable bonds is 5. The molecule has 5 heteroatoms. The first kappa shape index (κ1) is 20.2. The summed E-state index contributed by atoms with van der Waals surface area (Å²) in [6.45, 7) is 8.77. The Balaban J connectivity index is 1.71. The number of hydrogen-bond acceptors (Lipinski definition) is 4. The Bertz CT molecular complexity index is 1190. The Morgan fingerprint density at radius 1 is 1.00 bits per heavy atom. The number of carbonyl (C=O) groups is 1. The summed E-state index contributed by atoms with van der Waals surface area (Å²) in [5.41, 5.74) is 7.72. The first-order chi connectivity index (χ1) is 14.4. The van der Waals surface area contributed by atoms with E-state index in [1.165, 1.54) is 11.1 Å². The van der Waals surface area contributed by atoms with Crippen molar-refractivity contribution < 1.29 is 4.79 Å². The summed E-state index contributed by atoms with van der Waals surface area (Å²) in [4.78, 5) is 24.3. The average Bonchev–Trinajstić information content (AvgIpc) is 3.12. The number of hydrogen-bond donors (Lipinski definition) is 0. The van der Waals surface area contributed by atoms with Crippen LogP contribution in [0, 0.1) is 27.7 Å². The Labute approximate surface area is 181 Å². The van der Waals surface area contributed by atoms with Crippen LogP contribution >= 0.6 is 11.3 Å². The SMILES string of the molecule is Cc1cc(C)c(CC(=O)N(Cc2cccnc2)c2nc3ccc(C)cc3s2)c(C)c1. The third kappa shape index (κ3) is 4.26. The van der Waals surface area contributed by atoms with Crippen LogP contribution < -0.4 is 4.90 Å². The molecule has 0 saturated heterocycles. The molecule has 0 fully saturated rings. The number of aromatic nitrogens is 2. The topological polar surface area (TPSA) is 46.1 Å². The predicted octanol–water partition coefficient (Wildman–Crippen LogP) is 5.70. The zero-order valence-electron chi connectivity index (χ0n) is 17.8. The lowest BCUT2D eigenvalue weighted by molar-refractivity contribution is -0.118. The molecule has 152 valence electrons. The van der Waals surface area contributed by atoms with Gasteiger partial charge in [-0.2, -0.15) is 0 Å². The fourth-order valence-electron chi connectivity index (χ4n) is 3.81. The number of fused-ring (bicyclic) bond motifs is 1. The fraction of sp³-hybridized carbons (Fsp3) is 0.240. The number of amides is 1. The second kappa shape index (κ2) is 8.36. The Hall–Kier alpha value is -3.05. The van der Waals surface area contributed by atoms with Gasteiger partial charge in [-0.25, -0.2) is 4.98 Å². The van der Waals surface area contributed by atoms with Gasteiger partial charge in [-0.05, 0) is 73.7 Å². The quantitative estimate of drug-likeness (QED) is 0.420. The molecule has 0 aliphatic heterocycles. The summed E-state index contributed by atoms with van der Waals surface area (Å²) in [5, 5.41) is 0.729. The highest BCUT2D eigenvalue weighted by Gasteiger charge is 2.22. The summed E-state index contributed by atoms with van der Waals surface area (Å²) >= 11 is 1.56. The van der Waals surface area contributed by atoms with Crippen LogP contribution in [0.3, 0.4) is 0 Å². The second-order valence-electron chi connectivity index (χ2n) is 7.86. The van der Waals surface area contributed by atoms with Crippen LogP contribution in [-0.2, 0) is 17.8 Å². The third-order valence-corrected chi connectivity index (χ3v) is 6.34. The molecule has 0 saturated carbocycles. The highest BCUT2D eigenvalue weighted by atomic mass is 32.1. The maximum atomic E-state index is 13.5. The molecule has 4 nitrogen and oxygen atoms in total. The zero-order valence-corrected chi connectivity index (χ0v) is 18.6. The number of benzene rings is 2. The molecule has 0 aliphatic rings. The van der Waals surface area contributed by atoms with Gasteiger partial charge in [0.25, 0.3) is 0 Å². The van der Waals surface area contributed by atoms with Crippen molar-refractivity contribution in [3.05, 3.63) is 88.2 Å². The van der Waals surface area contributed by atoms with Gasteiger partial charge in [0.2, 0.25) is 5.91 Å². The maximum absolute atomic E-state index is 13.5. The molecule has 4 rings (SSSR count). The number of aryl methyl sites for hydroxylation is 4. The van der Waals surface area contributed by atoms with E-state index in [-0.39, 0.29) is 5.91 Å². The maximum Gasteiger partial charge on any atom is 0.233 e. The highest BCUT2D eigenvalue weighted by Crippen LogP contribution is 2.31. The molecule has 0 N–H and O–H groups in total. The molecule has 4 aromatic rings. The van der Waals surface area contributed by atoms with E-state index in [2.05, 4.69) is 56.9 Å². The largest absolute Gasteiger partial charge is 0.283 e. The number of thiazole rings is 1. The zero-order chi connectivity index (χ0) is 21.3. The molecule has 0 bridgehead atoms. The predicted molar refractivity (Wildman–Crippen MR) is 124 cm³/mol. The van der Waals surface area contributed by atoms with Gasteiger partial charge in [-0.15, -0.1) is 0 Å². The first-order valence-electron chi connectivity index (χ1n) is 10.0. The molecule has 2 heterocycles. The summed E-state index contributed by atoms with van der Waals surface area (Å²) in [5.74, 6) is 0.0460. The van der Waals surface area contributed by atoms with E-state index in [4.69, 9.17) is 4.98 Å². The van der Waals surface area contributed by atoms with Crippen molar-refractivity contribution in [1.29, 1.82) is 0 Å². The molecule has 2 aromatic heterocycles. The minimum Gasteiger partial charge on any atom is -0.283 e. The van der Waals surface area contributed by atoms with Gasteiger partial charge in [0.05, 0.1) is 23.2 Å². The average molecular weight is 416 g/mol. The van der Waals surface area contributed by atoms with Crippen LogP contribution in [-0.4, -0.2) is 15.9 Å². The highest BCUT2D eigenvalue weighted by molar-refractivity contribution is 7.22. The van der Waals surface area contributed by atoms with Crippen molar-refractivity contribution >= 4 is 32.6 Å². The number of pyridine rings is 1. The summed E-state index contributed by atoms with van der Waals surface area (Å²) in [6.07, 6.45) is 3.91. The molecule has 2 aromatic carbocycles. The fourth-order valence-corrected chi connectivity index (χ4v) is 4.89. The van der Waals surface area contributed by atoms with Gasteiger partial charge in [-0.3, -0.25) is 14.7 Å². The van der Waals surface area contributed by atoms with Crippen molar-refractivity contribution in [1.82, 2.24) is 9.97 Å². The summed E-state index contributed by atoms with van der Waals surface area (Å²) in [7, 11) is 0. The van der Waals surface area contributed by atoms with E-state index in [1.807, 2.05) is 18.2 Å². The molecule has 0 aliphatic carbocycles. The van der Waals surface area contributed by atoms with Gasteiger partial charge >= 0.3 is 0 Å². The molecule has 0 spiro atoms.